The molecule has 2 aromatic carbocycles. The topological polar surface area (TPSA) is 56.2 Å². The fourth-order valence-corrected chi connectivity index (χ4v) is 2.90. The largest absolute Gasteiger partial charge is 0.457 e. The van der Waals surface area contributed by atoms with E-state index in [1.54, 1.807) is 12.1 Å². The van der Waals surface area contributed by atoms with E-state index in [0.717, 1.165) is 18.1 Å². The highest BCUT2D eigenvalue weighted by molar-refractivity contribution is 5.94. The van der Waals surface area contributed by atoms with E-state index in [0.29, 0.717) is 23.8 Å². The van der Waals surface area contributed by atoms with Gasteiger partial charge in [0.2, 0.25) is 0 Å². The van der Waals surface area contributed by atoms with Crippen LogP contribution in [-0.4, -0.2) is 22.0 Å². The van der Waals surface area contributed by atoms with Gasteiger partial charge >= 0.3 is 0 Å². The highest BCUT2D eigenvalue weighted by Crippen LogP contribution is 2.38. The average Bonchev–Trinajstić information content (AvgIpc) is 3.42. The second-order valence-electron chi connectivity index (χ2n) is 6.45. The van der Waals surface area contributed by atoms with Crippen molar-refractivity contribution in [1.82, 2.24) is 14.9 Å². The maximum absolute atomic E-state index is 12.3. The molecule has 132 valence electrons. The van der Waals surface area contributed by atoms with Gasteiger partial charge in [-0.3, -0.25) is 4.79 Å². The normalized spacial score (nSPS) is 13.4. The molecular formula is C21H21N3O2. The number of imidazole rings is 1. The van der Waals surface area contributed by atoms with Crippen molar-refractivity contribution in [3.05, 3.63) is 78.4 Å². The lowest BCUT2D eigenvalue weighted by molar-refractivity contribution is 0.0952. The number of para-hydroxylation sites is 1. The third kappa shape index (κ3) is 3.94. The molecule has 0 radical (unpaired) electrons. The van der Waals surface area contributed by atoms with Gasteiger partial charge in [-0.1, -0.05) is 18.2 Å². The molecule has 0 aliphatic heterocycles. The van der Waals surface area contributed by atoms with Crippen LogP contribution < -0.4 is 10.1 Å². The van der Waals surface area contributed by atoms with E-state index in [1.807, 2.05) is 54.9 Å². The molecule has 0 unspecified atom stereocenters. The number of aromatic nitrogens is 2. The molecule has 1 fully saturated rings. The van der Waals surface area contributed by atoms with E-state index in [1.165, 1.54) is 12.8 Å². The van der Waals surface area contributed by atoms with Crippen LogP contribution in [0.4, 0.5) is 0 Å². The first-order valence-corrected chi connectivity index (χ1v) is 8.92. The van der Waals surface area contributed by atoms with Crippen LogP contribution in [0.3, 0.4) is 0 Å². The first kappa shape index (κ1) is 16.4. The minimum Gasteiger partial charge on any atom is -0.457 e. The van der Waals surface area contributed by atoms with Crippen LogP contribution in [0.2, 0.25) is 0 Å². The van der Waals surface area contributed by atoms with Crippen LogP contribution in [0.5, 0.6) is 11.5 Å². The van der Waals surface area contributed by atoms with Crippen molar-refractivity contribution in [1.29, 1.82) is 0 Å². The van der Waals surface area contributed by atoms with Crippen LogP contribution in [-0.2, 0) is 6.54 Å². The summed E-state index contributed by atoms with van der Waals surface area (Å²) < 4.78 is 7.88. The minimum absolute atomic E-state index is 0.0793. The second kappa shape index (κ2) is 7.44. The molecular weight excluding hydrogens is 326 g/mol. The van der Waals surface area contributed by atoms with Crippen molar-refractivity contribution < 1.29 is 9.53 Å². The monoisotopic (exact) mass is 347 g/mol. The van der Waals surface area contributed by atoms with E-state index in [4.69, 9.17) is 4.74 Å². The molecule has 0 atom stereocenters. The van der Waals surface area contributed by atoms with Crippen molar-refractivity contribution in [2.24, 2.45) is 0 Å². The molecule has 0 bridgehead atoms. The highest BCUT2D eigenvalue weighted by Gasteiger charge is 2.27. The summed E-state index contributed by atoms with van der Waals surface area (Å²) in [5.74, 6) is 3.15. The Hall–Kier alpha value is -3.08. The summed E-state index contributed by atoms with van der Waals surface area (Å²) in [5.41, 5.74) is 0.624. The summed E-state index contributed by atoms with van der Waals surface area (Å²) in [6.07, 6.45) is 6.26. The Morgan fingerprint density at radius 3 is 2.54 bits per heavy atom. The van der Waals surface area contributed by atoms with Gasteiger partial charge < -0.3 is 14.6 Å². The lowest BCUT2D eigenvalue weighted by Gasteiger charge is -2.09. The van der Waals surface area contributed by atoms with E-state index in [2.05, 4.69) is 14.9 Å². The Morgan fingerprint density at radius 2 is 1.81 bits per heavy atom. The number of hydrogen-bond acceptors (Lipinski definition) is 3. The lowest BCUT2D eigenvalue weighted by Crippen LogP contribution is -2.27. The molecule has 0 saturated heterocycles. The van der Waals surface area contributed by atoms with Crippen LogP contribution in [0, 0.1) is 0 Å². The summed E-state index contributed by atoms with van der Waals surface area (Å²) in [6, 6.07) is 16.8. The van der Waals surface area contributed by atoms with E-state index in [9.17, 15) is 4.79 Å². The third-order valence-electron chi connectivity index (χ3n) is 4.42. The predicted octanol–water partition coefficient (Wildman–Crippen LogP) is 3.98. The molecule has 1 aromatic heterocycles. The zero-order valence-corrected chi connectivity index (χ0v) is 14.5. The number of carbonyl (C=O) groups is 1. The molecule has 3 aromatic rings. The fraction of sp³-hybridized carbons (Fsp3) is 0.238. The number of ether oxygens (including phenoxy) is 1. The van der Waals surface area contributed by atoms with Gasteiger partial charge in [-0.25, -0.2) is 4.98 Å². The highest BCUT2D eigenvalue weighted by atomic mass is 16.5. The van der Waals surface area contributed by atoms with Crippen LogP contribution in [0.1, 0.15) is 34.9 Å². The van der Waals surface area contributed by atoms with Gasteiger partial charge in [0.15, 0.2) is 0 Å². The SMILES string of the molecule is O=C(NCCn1ccnc1C1CC1)c1ccc(Oc2ccccc2)cc1. The first-order chi connectivity index (χ1) is 12.8. The summed E-state index contributed by atoms with van der Waals surface area (Å²) in [6.45, 7) is 1.32. The lowest BCUT2D eigenvalue weighted by atomic mass is 10.2. The standard InChI is InChI=1S/C21H21N3O2/c25-21(23-13-15-24-14-12-22-20(24)16-6-7-16)17-8-10-19(11-9-17)26-18-4-2-1-3-5-18/h1-5,8-12,14,16H,6-7,13,15H2,(H,23,25). The van der Waals surface area contributed by atoms with Crippen molar-refractivity contribution in [2.45, 2.75) is 25.3 Å². The zero-order valence-electron chi connectivity index (χ0n) is 14.5. The van der Waals surface area contributed by atoms with Crippen molar-refractivity contribution in [3.63, 3.8) is 0 Å². The third-order valence-corrected chi connectivity index (χ3v) is 4.42. The van der Waals surface area contributed by atoms with Crippen molar-refractivity contribution in [2.75, 3.05) is 6.54 Å². The Balaban J connectivity index is 1.29. The van der Waals surface area contributed by atoms with E-state index >= 15 is 0 Å². The first-order valence-electron chi connectivity index (χ1n) is 8.92. The van der Waals surface area contributed by atoms with Crippen LogP contribution >= 0.6 is 0 Å². The summed E-state index contributed by atoms with van der Waals surface area (Å²) in [7, 11) is 0. The fourth-order valence-electron chi connectivity index (χ4n) is 2.90. The maximum Gasteiger partial charge on any atom is 0.251 e. The molecule has 5 nitrogen and oxygen atoms in total. The van der Waals surface area contributed by atoms with Crippen LogP contribution in [0.25, 0.3) is 0 Å². The number of benzene rings is 2. The van der Waals surface area contributed by atoms with Gasteiger partial charge in [0.05, 0.1) is 0 Å². The van der Waals surface area contributed by atoms with Crippen molar-refractivity contribution in [3.8, 4) is 11.5 Å². The van der Waals surface area contributed by atoms with E-state index in [-0.39, 0.29) is 5.91 Å². The Bertz CT molecular complexity index is 868. The number of rotatable bonds is 7. The summed E-state index contributed by atoms with van der Waals surface area (Å²) in [5, 5.41) is 2.96. The van der Waals surface area contributed by atoms with Gasteiger partial charge in [0.25, 0.3) is 5.91 Å². The number of hydrogen-bond donors (Lipinski definition) is 1. The Kier molecular flexibility index (Phi) is 4.69. The molecule has 5 heteroatoms. The minimum atomic E-state index is -0.0793. The molecule has 0 spiro atoms. The average molecular weight is 347 g/mol. The Labute approximate surface area is 152 Å². The molecule has 4 rings (SSSR count). The Morgan fingerprint density at radius 1 is 1.08 bits per heavy atom. The predicted molar refractivity (Wildman–Crippen MR) is 99.5 cm³/mol. The number of nitrogens with zero attached hydrogens (tertiary/aromatic N) is 2. The number of carbonyl (C=O) groups excluding carboxylic acids is 1. The molecule has 26 heavy (non-hydrogen) atoms. The number of nitrogens with one attached hydrogen (secondary N) is 1. The molecule has 1 N–H and O–H groups in total. The summed E-state index contributed by atoms with van der Waals surface area (Å²) >= 11 is 0. The van der Waals surface area contributed by atoms with Gasteiger partial charge in [-0.2, -0.15) is 0 Å². The molecule has 1 saturated carbocycles. The van der Waals surface area contributed by atoms with E-state index < -0.39 is 0 Å². The molecule has 1 amide bonds. The second-order valence-corrected chi connectivity index (χ2v) is 6.45. The van der Waals surface area contributed by atoms with Gasteiger partial charge in [0.1, 0.15) is 17.3 Å². The van der Waals surface area contributed by atoms with Gasteiger partial charge in [-0.15, -0.1) is 0 Å². The smallest absolute Gasteiger partial charge is 0.251 e. The van der Waals surface area contributed by atoms with Crippen molar-refractivity contribution >= 4 is 5.91 Å². The molecule has 1 heterocycles. The molecule has 1 aliphatic carbocycles. The van der Waals surface area contributed by atoms with Crippen LogP contribution in [0.15, 0.2) is 67.0 Å². The van der Waals surface area contributed by atoms with Gasteiger partial charge in [-0.05, 0) is 49.2 Å². The molecule has 1 aliphatic rings. The quantitative estimate of drug-likeness (QED) is 0.703. The zero-order chi connectivity index (χ0) is 17.8. The number of amides is 1. The maximum atomic E-state index is 12.3. The summed E-state index contributed by atoms with van der Waals surface area (Å²) in [4.78, 5) is 16.7. The van der Waals surface area contributed by atoms with Gasteiger partial charge in [0, 0.05) is 37.0 Å².